The van der Waals surface area contributed by atoms with Gasteiger partial charge in [0.1, 0.15) is 30.6 Å². The Hall–Kier alpha value is -2.81. The normalized spacial score (nSPS) is 28.6. The number of aliphatic hydroxyl groups is 1. The molecule has 5 atom stereocenters. The summed E-state index contributed by atoms with van der Waals surface area (Å²) >= 11 is 0. The first kappa shape index (κ1) is 18.5. The van der Waals surface area contributed by atoms with Gasteiger partial charge in [0.2, 0.25) is 0 Å². The first-order valence-electron chi connectivity index (χ1n) is 8.94. The molecule has 2 aliphatic heterocycles. The first-order valence-corrected chi connectivity index (χ1v) is 8.94. The van der Waals surface area contributed by atoms with Crippen molar-refractivity contribution in [1.29, 1.82) is 0 Å². The van der Waals surface area contributed by atoms with Gasteiger partial charge in [-0.25, -0.2) is 4.79 Å². The lowest BCUT2D eigenvalue weighted by Gasteiger charge is -2.42. The largest absolute Gasteiger partial charge is 0.487 e. The maximum Gasteiger partial charge on any atom is 0.413 e. The van der Waals surface area contributed by atoms with Gasteiger partial charge in [0.05, 0.1) is 0 Å². The number of carbonyl (C=O) groups is 1. The van der Waals surface area contributed by atoms with E-state index in [1.165, 1.54) is 7.11 Å². The quantitative estimate of drug-likeness (QED) is 0.828. The van der Waals surface area contributed by atoms with E-state index in [0.717, 1.165) is 0 Å². The molecule has 0 aliphatic carbocycles. The fourth-order valence-corrected chi connectivity index (χ4v) is 3.32. The smallest absolute Gasteiger partial charge is 0.413 e. The molecule has 0 saturated carbocycles. The molecule has 2 heterocycles. The average Bonchev–Trinajstić information content (AvgIpc) is 2.90. The Morgan fingerprint density at radius 2 is 1.82 bits per heavy atom. The third-order valence-corrected chi connectivity index (χ3v) is 4.66. The first-order chi connectivity index (χ1) is 13.7. The van der Waals surface area contributed by atoms with E-state index in [0.29, 0.717) is 17.2 Å². The second kappa shape index (κ2) is 8.05. The van der Waals surface area contributed by atoms with Crippen LogP contribution >= 0.6 is 0 Å². The maximum absolute atomic E-state index is 12.4. The number of para-hydroxylation sites is 3. The fraction of sp³-hybridized carbons (Fsp3) is 0.350. The highest BCUT2D eigenvalue weighted by Gasteiger charge is 2.49. The van der Waals surface area contributed by atoms with Crippen LogP contribution in [-0.4, -0.2) is 55.6 Å². The molecule has 1 saturated heterocycles. The van der Waals surface area contributed by atoms with E-state index in [9.17, 15) is 9.90 Å². The topological polar surface area (TPSA) is 95.5 Å². The Labute approximate surface area is 161 Å². The van der Waals surface area contributed by atoms with Crippen LogP contribution in [0.4, 0.5) is 4.79 Å². The maximum atomic E-state index is 12.4. The zero-order valence-corrected chi connectivity index (χ0v) is 15.2. The number of rotatable bonds is 3. The predicted octanol–water partition coefficient (Wildman–Crippen LogP) is 1.72. The zero-order chi connectivity index (χ0) is 19.5. The molecule has 1 fully saturated rings. The highest BCUT2D eigenvalue weighted by molar-refractivity contribution is 5.71. The van der Waals surface area contributed by atoms with Crippen LogP contribution in [0.3, 0.4) is 0 Å². The van der Waals surface area contributed by atoms with Gasteiger partial charge >= 0.3 is 6.09 Å². The van der Waals surface area contributed by atoms with Gasteiger partial charge in [-0.05, 0) is 24.3 Å². The summed E-state index contributed by atoms with van der Waals surface area (Å²) in [6, 6.07) is 15.0. The van der Waals surface area contributed by atoms with E-state index >= 15 is 0 Å². The van der Waals surface area contributed by atoms with E-state index < -0.39 is 36.7 Å². The number of ether oxygens (including phenoxy) is 5. The Balaban J connectivity index is 1.56. The van der Waals surface area contributed by atoms with Crippen LogP contribution in [0, 0.1) is 0 Å². The van der Waals surface area contributed by atoms with Crippen LogP contribution in [0.1, 0.15) is 0 Å². The van der Waals surface area contributed by atoms with Crippen molar-refractivity contribution in [2.24, 2.45) is 0 Å². The molecule has 5 unspecified atom stereocenters. The molecular weight excluding hydrogens is 366 g/mol. The molecule has 8 nitrogen and oxygen atoms in total. The van der Waals surface area contributed by atoms with Crippen molar-refractivity contribution in [2.45, 2.75) is 30.6 Å². The van der Waals surface area contributed by atoms with Gasteiger partial charge < -0.3 is 34.1 Å². The van der Waals surface area contributed by atoms with Crippen molar-refractivity contribution in [1.82, 2.24) is 5.32 Å². The Kier molecular flexibility index (Phi) is 5.34. The third kappa shape index (κ3) is 3.75. The molecule has 8 heteroatoms. The molecule has 0 spiro atoms. The minimum absolute atomic E-state index is 0.181. The van der Waals surface area contributed by atoms with Crippen molar-refractivity contribution in [3.63, 3.8) is 0 Å². The highest BCUT2D eigenvalue weighted by atomic mass is 16.7. The lowest BCUT2D eigenvalue weighted by molar-refractivity contribution is -0.262. The number of nitrogens with one attached hydrogen (secondary N) is 1. The summed E-state index contributed by atoms with van der Waals surface area (Å²) in [5.41, 5.74) is 0. The summed E-state index contributed by atoms with van der Waals surface area (Å²) in [6.07, 6.45) is -4.10. The molecule has 148 valence electrons. The van der Waals surface area contributed by atoms with Gasteiger partial charge in [-0.15, -0.1) is 0 Å². The minimum Gasteiger partial charge on any atom is -0.487 e. The number of hydrogen-bond acceptors (Lipinski definition) is 7. The van der Waals surface area contributed by atoms with E-state index in [1.807, 2.05) is 18.2 Å². The van der Waals surface area contributed by atoms with Gasteiger partial charge in [-0.1, -0.05) is 30.3 Å². The number of aliphatic hydroxyl groups excluding tert-OH is 1. The Morgan fingerprint density at radius 3 is 2.57 bits per heavy atom. The van der Waals surface area contributed by atoms with Crippen molar-refractivity contribution in [3.05, 3.63) is 54.6 Å². The van der Waals surface area contributed by atoms with E-state index in [4.69, 9.17) is 23.7 Å². The molecular formula is C20H21NO7. The van der Waals surface area contributed by atoms with Gasteiger partial charge in [-0.2, -0.15) is 0 Å². The number of methoxy groups -OCH3 is 1. The van der Waals surface area contributed by atoms with E-state index in [-0.39, 0.29) is 6.61 Å². The lowest BCUT2D eigenvalue weighted by atomic mass is 9.96. The molecule has 0 bridgehead atoms. The standard InChI is InChI=1S/C20H21NO7/c1-24-19-17(22)16(21-20(23)26-12-7-3-2-4-8-12)18-15(28-19)11-25-13-9-5-6-10-14(13)27-18/h2-10,15-19,22H,11H2,1H3,(H,21,23). The summed E-state index contributed by atoms with van der Waals surface area (Å²) < 4.78 is 28.1. The predicted molar refractivity (Wildman–Crippen MR) is 97.4 cm³/mol. The van der Waals surface area contributed by atoms with Gasteiger partial charge in [-0.3, -0.25) is 0 Å². The second-order valence-corrected chi connectivity index (χ2v) is 6.48. The van der Waals surface area contributed by atoms with Gasteiger partial charge in [0.25, 0.3) is 0 Å². The molecule has 1 amide bonds. The molecule has 4 rings (SSSR count). The summed E-state index contributed by atoms with van der Waals surface area (Å²) in [5.74, 6) is 1.45. The van der Waals surface area contributed by atoms with Crippen LogP contribution < -0.4 is 19.5 Å². The van der Waals surface area contributed by atoms with E-state index in [1.54, 1.807) is 36.4 Å². The summed E-state index contributed by atoms with van der Waals surface area (Å²) in [4.78, 5) is 12.4. The zero-order valence-electron chi connectivity index (χ0n) is 15.2. The second-order valence-electron chi connectivity index (χ2n) is 6.48. The van der Waals surface area contributed by atoms with Crippen LogP contribution in [0.15, 0.2) is 54.6 Å². The van der Waals surface area contributed by atoms with Crippen molar-refractivity contribution in [3.8, 4) is 17.2 Å². The van der Waals surface area contributed by atoms with Crippen molar-refractivity contribution < 1.29 is 33.6 Å². The van der Waals surface area contributed by atoms with Crippen LogP contribution in [0.25, 0.3) is 0 Å². The SMILES string of the molecule is COC1OC2COc3ccccc3OC2C(NC(=O)Oc2ccccc2)C1O. The number of benzene rings is 2. The molecule has 2 aromatic carbocycles. The van der Waals surface area contributed by atoms with Crippen molar-refractivity contribution in [2.75, 3.05) is 13.7 Å². The van der Waals surface area contributed by atoms with Gasteiger partial charge in [0, 0.05) is 7.11 Å². The van der Waals surface area contributed by atoms with Gasteiger partial charge in [0.15, 0.2) is 23.9 Å². The van der Waals surface area contributed by atoms with Crippen molar-refractivity contribution >= 4 is 6.09 Å². The molecule has 2 aromatic rings. The molecule has 2 N–H and O–H groups in total. The molecule has 0 aromatic heterocycles. The number of fused-ring (bicyclic) bond motifs is 2. The third-order valence-electron chi connectivity index (χ3n) is 4.66. The average molecular weight is 387 g/mol. The van der Waals surface area contributed by atoms with Crippen LogP contribution in [0.2, 0.25) is 0 Å². The van der Waals surface area contributed by atoms with E-state index in [2.05, 4.69) is 5.32 Å². The Morgan fingerprint density at radius 1 is 1.11 bits per heavy atom. The molecule has 28 heavy (non-hydrogen) atoms. The molecule has 2 aliphatic rings. The highest BCUT2D eigenvalue weighted by Crippen LogP contribution is 2.35. The number of amides is 1. The summed E-state index contributed by atoms with van der Waals surface area (Å²) in [6.45, 7) is 0.181. The number of carbonyl (C=O) groups excluding carboxylic acids is 1. The lowest BCUT2D eigenvalue weighted by Crippen LogP contribution is -2.66. The Bertz CT molecular complexity index is 815. The molecule has 0 radical (unpaired) electrons. The summed E-state index contributed by atoms with van der Waals surface area (Å²) in [5, 5.41) is 13.4. The van der Waals surface area contributed by atoms with Crippen LogP contribution in [-0.2, 0) is 9.47 Å². The number of hydrogen-bond donors (Lipinski definition) is 2. The monoisotopic (exact) mass is 387 g/mol. The van der Waals surface area contributed by atoms with Crippen LogP contribution in [0.5, 0.6) is 17.2 Å². The summed E-state index contributed by atoms with van der Waals surface area (Å²) in [7, 11) is 1.42. The minimum atomic E-state index is -1.17. The fourth-order valence-electron chi connectivity index (χ4n) is 3.32.